The summed E-state index contributed by atoms with van der Waals surface area (Å²) in [6.45, 7) is 3.00. The Bertz CT molecular complexity index is 660. The number of carbonyl (C=O) groups is 1. The van der Waals surface area contributed by atoms with E-state index < -0.39 is 0 Å². The summed E-state index contributed by atoms with van der Waals surface area (Å²) in [5.74, 6) is 0.205. The molecule has 24 heavy (non-hydrogen) atoms. The predicted molar refractivity (Wildman–Crippen MR) is 90.0 cm³/mol. The van der Waals surface area contributed by atoms with Gasteiger partial charge in [-0.1, -0.05) is 6.07 Å². The molecule has 126 valence electrons. The molecule has 2 aromatic rings. The Morgan fingerprint density at radius 3 is 3.00 bits per heavy atom. The Kier molecular flexibility index (Phi) is 5.38. The van der Waals surface area contributed by atoms with Crippen LogP contribution in [-0.4, -0.2) is 39.0 Å². The van der Waals surface area contributed by atoms with Gasteiger partial charge in [0, 0.05) is 25.5 Å². The minimum Gasteiger partial charge on any atom is -0.506 e. The van der Waals surface area contributed by atoms with Crippen molar-refractivity contribution in [1.82, 2.24) is 20.2 Å². The average Bonchev–Trinajstić information content (AvgIpc) is 2.62. The number of likely N-dealkylation sites (tertiary alicyclic amines) is 1. The lowest BCUT2D eigenvalue weighted by Crippen LogP contribution is -2.42. The van der Waals surface area contributed by atoms with Gasteiger partial charge in [-0.2, -0.15) is 0 Å². The second-order valence-corrected chi connectivity index (χ2v) is 6.16. The van der Waals surface area contributed by atoms with E-state index in [0.717, 1.165) is 38.2 Å². The van der Waals surface area contributed by atoms with E-state index in [1.165, 1.54) is 11.8 Å². The van der Waals surface area contributed by atoms with Gasteiger partial charge in [0.2, 0.25) is 5.91 Å². The van der Waals surface area contributed by atoms with Crippen molar-refractivity contribution >= 4 is 5.91 Å². The summed E-state index contributed by atoms with van der Waals surface area (Å²) in [6, 6.07) is 7.29. The largest absolute Gasteiger partial charge is 0.506 e. The van der Waals surface area contributed by atoms with Crippen LogP contribution >= 0.6 is 0 Å². The van der Waals surface area contributed by atoms with Gasteiger partial charge in [-0.15, -0.1) is 0 Å². The standard InChI is InChI=1S/C18H22N4O2/c23-17-6-5-16(20-11-17)10-21-18(24)15-4-2-8-22(13-15)12-14-3-1-7-19-9-14/h1,3,5-7,9,11,15,23H,2,4,8,10,12-13H2,(H,21,24). The highest BCUT2D eigenvalue weighted by atomic mass is 16.3. The molecule has 0 bridgehead atoms. The molecule has 1 amide bonds. The van der Waals surface area contributed by atoms with Crippen molar-refractivity contribution in [1.29, 1.82) is 0 Å². The number of hydrogen-bond donors (Lipinski definition) is 2. The van der Waals surface area contributed by atoms with E-state index in [-0.39, 0.29) is 17.6 Å². The Morgan fingerprint density at radius 1 is 1.33 bits per heavy atom. The molecule has 0 aliphatic carbocycles. The van der Waals surface area contributed by atoms with Crippen molar-refractivity contribution in [2.45, 2.75) is 25.9 Å². The molecule has 1 fully saturated rings. The van der Waals surface area contributed by atoms with E-state index in [2.05, 4.69) is 26.3 Å². The molecular weight excluding hydrogens is 304 g/mol. The van der Waals surface area contributed by atoms with Gasteiger partial charge < -0.3 is 10.4 Å². The Balaban J connectivity index is 1.50. The molecule has 3 rings (SSSR count). The van der Waals surface area contributed by atoms with Crippen LogP contribution in [-0.2, 0) is 17.9 Å². The van der Waals surface area contributed by atoms with E-state index in [1.807, 2.05) is 12.3 Å². The van der Waals surface area contributed by atoms with Crippen LogP contribution in [0, 0.1) is 5.92 Å². The van der Waals surface area contributed by atoms with Gasteiger partial charge in [-0.05, 0) is 43.1 Å². The van der Waals surface area contributed by atoms with Crippen LogP contribution in [0.15, 0.2) is 42.9 Å². The molecule has 1 unspecified atom stereocenters. The lowest BCUT2D eigenvalue weighted by Gasteiger charge is -2.31. The number of aromatic nitrogens is 2. The second-order valence-electron chi connectivity index (χ2n) is 6.16. The summed E-state index contributed by atoms with van der Waals surface area (Å²) in [6.07, 6.45) is 6.97. The third-order valence-electron chi connectivity index (χ3n) is 4.26. The molecule has 1 atom stereocenters. The molecular formula is C18H22N4O2. The van der Waals surface area contributed by atoms with Gasteiger partial charge in [-0.25, -0.2) is 0 Å². The van der Waals surface area contributed by atoms with Crippen LogP contribution in [0.3, 0.4) is 0 Å². The molecule has 1 aliphatic rings. The zero-order valence-corrected chi connectivity index (χ0v) is 13.6. The van der Waals surface area contributed by atoms with Crippen molar-refractivity contribution in [3.8, 4) is 5.75 Å². The predicted octanol–water partition coefficient (Wildman–Crippen LogP) is 1.71. The number of nitrogens with zero attached hydrogens (tertiary/aromatic N) is 3. The van der Waals surface area contributed by atoms with Crippen LogP contribution in [0.2, 0.25) is 0 Å². The lowest BCUT2D eigenvalue weighted by atomic mass is 9.96. The fourth-order valence-corrected chi connectivity index (χ4v) is 3.01. The molecule has 0 spiro atoms. The molecule has 3 heterocycles. The van der Waals surface area contributed by atoms with Gasteiger partial charge in [0.15, 0.2) is 0 Å². The van der Waals surface area contributed by atoms with Crippen LogP contribution in [0.25, 0.3) is 0 Å². The number of hydrogen-bond acceptors (Lipinski definition) is 5. The highest BCUT2D eigenvalue weighted by molar-refractivity contribution is 5.78. The summed E-state index contributed by atoms with van der Waals surface area (Å²) < 4.78 is 0. The van der Waals surface area contributed by atoms with Crippen molar-refractivity contribution in [3.63, 3.8) is 0 Å². The Hall–Kier alpha value is -2.47. The van der Waals surface area contributed by atoms with Crippen LogP contribution in [0.1, 0.15) is 24.1 Å². The maximum atomic E-state index is 12.4. The summed E-state index contributed by atoms with van der Waals surface area (Å²) in [4.78, 5) is 22.9. The summed E-state index contributed by atoms with van der Waals surface area (Å²) in [7, 11) is 0. The molecule has 2 N–H and O–H groups in total. The first kappa shape index (κ1) is 16.4. The average molecular weight is 326 g/mol. The fourth-order valence-electron chi connectivity index (χ4n) is 3.01. The molecule has 2 aromatic heterocycles. The number of amides is 1. The van der Waals surface area contributed by atoms with Gasteiger partial charge in [0.05, 0.1) is 24.4 Å². The summed E-state index contributed by atoms with van der Waals surface area (Å²) >= 11 is 0. The first-order valence-corrected chi connectivity index (χ1v) is 8.23. The van der Waals surface area contributed by atoms with Gasteiger partial charge in [-0.3, -0.25) is 19.7 Å². The minimum atomic E-state index is 0.00698. The topological polar surface area (TPSA) is 78.3 Å². The molecule has 1 saturated heterocycles. The minimum absolute atomic E-state index is 0.00698. The summed E-state index contributed by atoms with van der Waals surface area (Å²) in [5.41, 5.74) is 1.91. The zero-order valence-electron chi connectivity index (χ0n) is 13.6. The molecule has 0 saturated carbocycles. The maximum Gasteiger partial charge on any atom is 0.224 e. The fraction of sp³-hybridized carbons (Fsp3) is 0.389. The van der Waals surface area contributed by atoms with E-state index in [1.54, 1.807) is 18.3 Å². The van der Waals surface area contributed by atoms with Crippen molar-refractivity contribution < 1.29 is 9.90 Å². The second kappa shape index (κ2) is 7.88. The van der Waals surface area contributed by atoms with Gasteiger partial charge in [0.25, 0.3) is 0 Å². The quantitative estimate of drug-likeness (QED) is 0.874. The summed E-state index contributed by atoms with van der Waals surface area (Å²) in [5, 5.41) is 12.2. The third kappa shape index (κ3) is 4.52. The van der Waals surface area contributed by atoms with E-state index in [0.29, 0.717) is 6.54 Å². The molecule has 1 aliphatic heterocycles. The van der Waals surface area contributed by atoms with Crippen LogP contribution < -0.4 is 5.32 Å². The van der Waals surface area contributed by atoms with Crippen molar-refractivity contribution in [2.24, 2.45) is 5.92 Å². The highest BCUT2D eigenvalue weighted by Gasteiger charge is 2.25. The SMILES string of the molecule is O=C(NCc1ccc(O)cn1)C1CCCN(Cc2cccnc2)C1. The Labute approximate surface area is 141 Å². The first-order valence-electron chi connectivity index (χ1n) is 8.23. The normalized spacial score (nSPS) is 18.2. The number of aromatic hydroxyl groups is 1. The van der Waals surface area contributed by atoms with Gasteiger partial charge >= 0.3 is 0 Å². The highest BCUT2D eigenvalue weighted by Crippen LogP contribution is 2.18. The number of nitrogens with one attached hydrogen (secondary N) is 1. The third-order valence-corrected chi connectivity index (χ3v) is 4.26. The molecule has 6 heteroatoms. The van der Waals surface area contributed by atoms with E-state index in [9.17, 15) is 9.90 Å². The van der Waals surface area contributed by atoms with Crippen LogP contribution in [0.4, 0.5) is 0 Å². The maximum absolute atomic E-state index is 12.4. The number of pyridine rings is 2. The zero-order chi connectivity index (χ0) is 16.8. The number of rotatable bonds is 5. The van der Waals surface area contributed by atoms with Crippen LogP contribution in [0.5, 0.6) is 5.75 Å². The van der Waals surface area contributed by atoms with E-state index in [4.69, 9.17) is 0 Å². The first-order chi connectivity index (χ1) is 11.7. The lowest BCUT2D eigenvalue weighted by molar-refractivity contribution is -0.127. The van der Waals surface area contributed by atoms with Crippen molar-refractivity contribution in [2.75, 3.05) is 13.1 Å². The molecule has 6 nitrogen and oxygen atoms in total. The smallest absolute Gasteiger partial charge is 0.224 e. The van der Waals surface area contributed by atoms with Gasteiger partial charge in [0.1, 0.15) is 5.75 Å². The molecule has 0 aromatic carbocycles. The Morgan fingerprint density at radius 2 is 2.25 bits per heavy atom. The monoisotopic (exact) mass is 326 g/mol. The number of piperidine rings is 1. The molecule has 0 radical (unpaired) electrons. The van der Waals surface area contributed by atoms with Crippen molar-refractivity contribution in [3.05, 3.63) is 54.1 Å². The number of carbonyl (C=O) groups excluding carboxylic acids is 1. The van der Waals surface area contributed by atoms with E-state index >= 15 is 0 Å².